The van der Waals surface area contributed by atoms with Gasteiger partial charge in [0.15, 0.2) is 6.61 Å². The summed E-state index contributed by atoms with van der Waals surface area (Å²) < 4.78 is 11.2. The number of nitrogens with one attached hydrogen (secondary N) is 1. The molecule has 0 saturated carbocycles. The van der Waals surface area contributed by atoms with Gasteiger partial charge in [-0.15, -0.1) is 6.58 Å². The molecule has 2 aromatic carbocycles. The number of rotatable bonds is 11. The van der Waals surface area contributed by atoms with E-state index in [0.717, 1.165) is 36.3 Å². The molecule has 0 aliphatic rings. The minimum Gasteiger partial charge on any atom is -0.494 e. The summed E-state index contributed by atoms with van der Waals surface area (Å²) in [7, 11) is 0. The van der Waals surface area contributed by atoms with E-state index in [0.29, 0.717) is 12.2 Å². The van der Waals surface area contributed by atoms with E-state index >= 15 is 0 Å². The zero-order chi connectivity index (χ0) is 19.3. The number of benzene rings is 2. The van der Waals surface area contributed by atoms with E-state index in [1.807, 2.05) is 48.5 Å². The summed E-state index contributed by atoms with van der Waals surface area (Å²) in [5.41, 5.74) is 4.32. The highest BCUT2D eigenvalue weighted by atomic mass is 16.5. The van der Waals surface area contributed by atoms with Crippen LogP contribution in [0.25, 0.3) is 0 Å². The third-order valence-corrected chi connectivity index (χ3v) is 3.75. The molecule has 0 spiro atoms. The second-order valence-electron chi connectivity index (χ2n) is 5.95. The SMILES string of the molecule is C=CCc1ccccc1OCC(=O)N/N=C/c1ccc(OCCCC)cc1. The summed E-state index contributed by atoms with van der Waals surface area (Å²) in [6, 6.07) is 15.1. The first-order chi connectivity index (χ1) is 13.2. The van der Waals surface area contributed by atoms with Crippen LogP contribution in [0.5, 0.6) is 11.5 Å². The standard InChI is InChI=1S/C22H26N2O3/c1-3-5-15-26-20-13-11-18(12-14-20)16-23-24-22(25)17-27-21-10-7-6-9-19(21)8-4-2/h4,6-7,9-14,16H,2-3,5,8,15,17H2,1H3,(H,24,25)/b23-16+. The summed E-state index contributed by atoms with van der Waals surface area (Å²) >= 11 is 0. The van der Waals surface area contributed by atoms with Crippen LogP contribution in [0.15, 0.2) is 66.3 Å². The Balaban J connectivity index is 1.77. The number of hydrogen-bond acceptors (Lipinski definition) is 4. The highest BCUT2D eigenvalue weighted by Gasteiger charge is 2.05. The maximum absolute atomic E-state index is 11.9. The molecule has 1 amide bonds. The van der Waals surface area contributed by atoms with Crippen LogP contribution in [0.2, 0.25) is 0 Å². The minimum absolute atomic E-state index is 0.101. The van der Waals surface area contributed by atoms with E-state index in [-0.39, 0.29) is 12.5 Å². The molecular formula is C22H26N2O3. The molecule has 0 aliphatic heterocycles. The second kappa shape index (κ2) is 11.5. The van der Waals surface area contributed by atoms with Crippen molar-refractivity contribution >= 4 is 12.1 Å². The number of para-hydroxylation sites is 1. The fourth-order valence-corrected chi connectivity index (χ4v) is 2.31. The number of hydrazone groups is 1. The van der Waals surface area contributed by atoms with Crippen molar-refractivity contribution < 1.29 is 14.3 Å². The van der Waals surface area contributed by atoms with Gasteiger partial charge in [0, 0.05) is 0 Å². The molecular weight excluding hydrogens is 340 g/mol. The molecule has 0 unspecified atom stereocenters. The van der Waals surface area contributed by atoms with Crippen molar-refractivity contribution in [3.8, 4) is 11.5 Å². The molecule has 142 valence electrons. The van der Waals surface area contributed by atoms with Gasteiger partial charge in [-0.1, -0.05) is 37.6 Å². The van der Waals surface area contributed by atoms with Crippen LogP contribution in [0.4, 0.5) is 0 Å². The van der Waals surface area contributed by atoms with E-state index in [4.69, 9.17) is 9.47 Å². The van der Waals surface area contributed by atoms with Gasteiger partial charge in [0.25, 0.3) is 5.91 Å². The predicted octanol–water partition coefficient (Wildman–Crippen LogP) is 4.12. The van der Waals surface area contributed by atoms with Crippen molar-refractivity contribution in [1.29, 1.82) is 0 Å². The Labute approximate surface area is 160 Å². The van der Waals surface area contributed by atoms with Gasteiger partial charge in [-0.2, -0.15) is 5.10 Å². The highest BCUT2D eigenvalue weighted by molar-refractivity contribution is 5.83. The van der Waals surface area contributed by atoms with Gasteiger partial charge >= 0.3 is 0 Å². The number of unbranched alkanes of at least 4 members (excludes halogenated alkanes) is 1. The molecule has 5 nitrogen and oxygen atoms in total. The summed E-state index contributed by atoms with van der Waals surface area (Å²) in [4.78, 5) is 11.9. The monoisotopic (exact) mass is 366 g/mol. The van der Waals surface area contributed by atoms with E-state index in [1.165, 1.54) is 0 Å². The molecule has 27 heavy (non-hydrogen) atoms. The molecule has 0 bridgehead atoms. The Bertz CT molecular complexity index is 754. The molecule has 0 fully saturated rings. The van der Waals surface area contributed by atoms with Crippen LogP contribution in [-0.4, -0.2) is 25.3 Å². The second-order valence-corrected chi connectivity index (χ2v) is 5.95. The van der Waals surface area contributed by atoms with Gasteiger partial charge in [0.2, 0.25) is 0 Å². The molecule has 0 heterocycles. The molecule has 2 aromatic rings. The number of allylic oxidation sites excluding steroid dienone is 1. The first kappa shape index (κ1) is 20.2. The molecule has 5 heteroatoms. The summed E-state index contributed by atoms with van der Waals surface area (Å²) in [5.74, 6) is 1.19. The normalized spacial score (nSPS) is 10.6. The minimum atomic E-state index is -0.320. The average molecular weight is 366 g/mol. The molecule has 0 radical (unpaired) electrons. The van der Waals surface area contributed by atoms with Gasteiger partial charge in [0.05, 0.1) is 12.8 Å². The Morgan fingerprint density at radius 3 is 2.67 bits per heavy atom. The lowest BCUT2D eigenvalue weighted by Gasteiger charge is -2.09. The molecule has 0 atom stereocenters. The Kier molecular flexibility index (Phi) is 8.63. The highest BCUT2D eigenvalue weighted by Crippen LogP contribution is 2.18. The molecule has 2 rings (SSSR count). The fraction of sp³-hybridized carbons (Fsp3) is 0.273. The summed E-state index contributed by atoms with van der Waals surface area (Å²) in [6.45, 7) is 6.47. The quantitative estimate of drug-likeness (QED) is 0.282. The molecule has 1 N–H and O–H groups in total. The van der Waals surface area contributed by atoms with E-state index < -0.39 is 0 Å². The first-order valence-corrected chi connectivity index (χ1v) is 9.09. The Hall–Kier alpha value is -3.08. The zero-order valence-electron chi connectivity index (χ0n) is 15.7. The van der Waals surface area contributed by atoms with Gasteiger partial charge in [-0.05, 0) is 54.3 Å². The number of carbonyl (C=O) groups excluding carboxylic acids is 1. The summed E-state index contributed by atoms with van der Waals surface area (Å²) in [6.07, 6.45) is 6.21. The van der Waals surface area contributed by atoms with Crippen LogP contribution in [0, 0.1) is 0 Å². The van der Waals surface area contributed by atoms with Gasteiger partial charge < -0.3 is 9.47 Å². The van der Waals surface area contributed by atoms with Crippen LogP contribution in [-0.2, 0) is 11.2 Å². The van der Waals surface area contributed by atoms with E-state index in [1.54, 1.807) is 12.3 Å². The lowest BCUT2D eigenvalue weighted by atomic mass is 10.1. The molecule has 0 saturated heterocycles. The average Bonchev–Trinajstić information content (AvgIpc) is 2.69. The van der Waals surface area contributed by atoms with Gasteiger partial charge in [-0.25, -0.2) is 5.43 Å². The lowest BCUT2D eigenvalue weighted by Crippen LogP contribution is -2.24. The maximum atomic E-state index is 11.9. The number of carbonyl (C=O) groups is 1. The lowest BCUT2D eigenvalue weighted by molar-refractivity contribution is -0.123. The van der Waals surface area contributed by atoms with Crippen molar-refractivity contribution in [2.75, 3.05) is 13.2 Å². The van der Waals surface area contributed by atoms with Crippen molar-refractivity contribution in [2.45, 2.75) is 26.2 Å². The molecule has 0 aliphatic carbocycles. The number of amides is 1. The predicted molar refractivity (Wildman–Crippen MR) is 108 cm³/mol. The Morgan fingerprint density at radius 1 is 1.15 bits per heavy atom. The number of nitrogens with zero attached hydrogens (tertiary/aromatic N) is 1. The van der Waals surface area contributed by atoms with Crippen LogP contribution < -0.4 is 14.9 Å². The van der Waals surface area contributed by atoms with E-state index in [9.17, 15) is 4.79 Å². The topological polar surface area (TPSA) is 59.9 Å². The summed E-state index contributed by atoms with van der Waals surface area (Å²) in [5, 5.41) is 3.96. The maximum Gasteiger partial charge on any atom is 0.277 e. The smallest absolute Gasteiger partial charge is 0.277 e. The van der Waals surface area contributed by atoms with Crippen molar-refractivity contribution in [1.82, 2.24) is 5.43 Å². The zero-order valence-corrected chi connectivity index (χ0v) is 15.7. The fourth-order valence-electron chi connectivity index (χ4n) is 2.31. The van der Waals surface area contributed by atoms with Gasteiger partial charge in [0.1, 0.15) is 11.5 Å². The van der Waals surface area contributed by atoms with E-state index in [2.05, 4.69) is 24.0 Å². The number of hydrogen-bond donors (Lipinski definition) is 1. The van der Waals surface area contributed by atoms with Gasteiger partial charge in [-0.3, -0.25) is 4.79 Å². The van der Waals surface area contributed by atoms with Crippen LogP contribution in [0.3, 0.4) is 0 Å². The van der Waals surface area contributed by atoms with Crippen molar-refractivity contribution in [3.63, 3.8) is 0 Å². The van der Waals surface area contributed by atoms with Crippen LogP contribution in [0.1, 0.15) is 30.9 Å². The Morgan fingerprint density at radius 2 is 1.93 bits per heavy atom. The number of ether oxygens (including phenoxy) is 2. The third kappa shape index (κ3) is 7.36. The van der Waals surface area contributed by atoms with Crippen molar-refractivity contribution in [2.24, 2.45) is 5.10 Å². The van der Waals surface area contributed by atoms with Crippen LogP contribution >= 0.6 is 0 Å². The largest absolute Gasteiger partial charge is 0.494 e. The third-order valence-electron chi connectivity index (χ3n) is 3.75. The molecule has 0 aromatic heterocycles. The first-order valence-electron chi connectivity index (χ1n) is 9.09. The van der Waals surface area contributed by atoms with Crippen molar-refractivity contribution in [3.05, 3.63) is 72.3 Å².